The maximum atomic E-state index is 12.6. The van der Waals surface area contributed by atoms with Gasteiger partial charge in [0.2, 0.25) is 5.91 Å². The lowest BCUT2D eigenvalue weighted by Gasteiger charge is -2.44. The summed E-state index contributed by atoms with van der Waals surface area (Å²) in [4.78, 5) is 36.7. The van der Waals surface area contributed by atoms with E-state index in [9.17, 15) is 9.59 Å². The first-order valence-electron chi connectivity index (χ1n) is 10.1. The summed E-state index contributed by atoms with van der Waals surface area (Å²) in [5, 5.41) is 2.25. The molecule has 1 saturated heterocycles. The maximum absolute atomic E-state index is 12.6. The molecule has 3 aromatic rings. The molecular weight excluding hydrogens is 404 g/mol. The fourth-order valence-electron chi connectivity index (χ4n) is 4.33. The number of H-pyrrole nitrogens is 1. The smallest absolute Gasteiger partial charge is 0.280 e. The summed E-state index contributed by atoms with van der Waals surface area (Å²) in [6.45, 7) is 2.02. The average molecular weight is 426 g/mol. The molecule has 0 atom stereocenters. The third kappa shape index (κ3) is 3.59. The van der Waals surface area contributed by atoms with Gasteiger partial charge in [-0.15, -0.1) is 11.3 Å². The second-order valence-corrected chi connectivity index (χ2v) is 8.83. The molecule has 1 spiro atoms. The van der Waals surface area contributed by atoms with Crippen LogP contribution in [0.1, 0.15) is 35.5 Å². The van der Waals surface area contributed by atoms with E-state index in [1.807, 2.05) is 4.90 Å². The van der Waals surface area contributed by atoms with Gasteiger partial charge in [0.15, 0.2) is 0 Å². The van der Waals surface area contributed by atoms with Gasteiger partial charge in [-0.25, -0.2) is 0 Å². The van der Waals surface area contributed by atoms with Crippen LogP contribution in [-0.2, 0) is 28.0 Å². The lowest BCUT2D eigenvalue weighted by Crippen LogP contribution is -2.48. The minimum absolute atomic E-state index is 0.0790. The zero-order chi connectivity index (χ0) is 20.6. The molecule has 0 aliphatic carbocycles. The van der Waals surface area contributed by atoms with Crippen LogP contribution < -0.4 is 5.56 Å². The van der Waals surface area contributed by atoms with Crippen LogP contribution in [0.2, 0.25) is 0 Å². The zero-order valence-corrected chi connectivity index (χ0v) is 17.2. The lowest BCUT2D eigenvalue weighted by atomic mass is 9.82. The van der Waals surface area contributed by atoms with Crippen molar-refractivity contribution in [3.05, 3.63) is 57.3 Å². The molecular formula is C21H22N4O4S. The number of likely N-dealkylation sites (tertiary alicyclic amines) is 1. The summed E-state index contributed by atoms with van der Waals surface area (Å²) in [6, 6.07) is 3.59. The van der Waals surface area contributed by atoms with Crippen LogP contribution in [0.25, 0.3) is 10.6 Å². The predicted octanol–water partition coefficient (Wildman–Crippen LogP) is 2.51. The first-order chi connectivity index (χ1) is 14.6. The summed E-state index contributed by atoms with van der Waals surface area (Å²) in [7, 11) is 0. The number of thiophene rings is 1. The summed E-state index contributed by atoms with van der Waals surface area (Å²) in [6.07, 6.45) is 8.40. The minimum Gasteiger partial charge on any atom is -0.384 e. The number of nitrogens with zero attached hydrogens (tertiary/aromatic N) is 3. The highest BCUT2D eigenvalue weighted by molar-refractivity contribution is 7.15. The number of carbonyl (C=O) groups excluding carboxylic acids is 1. The number of piperidine rings is 1. The van der Waals surface area contributed by atoms with Gasteiger partial charge in [0, 0.05) is 55.7 Å². The van der Waals surface area contributed by atoms with E-state index < -0.39 is 0 Å². The number of aryl methyl sites for hydroxylation is 1. The fraction of sp³-hybridized carbons (Fsp3) is 0.429. The van der Waals surface area contributed by atoms with Crippen LogP contribution >= 0.6 is 11.3 Å². The van der Waals surface area contributed by atoms with Gasteiger partial charge in [-0.3, -0.25) is 19.6 Å². The zero-order valence-electron chi connectivity index (χ0n) is 16.4. The molecule has 3 aromatic heterocycles. The second-order valence-electron chi connectivity index (χ2n) is 7.69. The van der Waals surface area contributed by atoms with Gasteiger partial charge in [0.1, 0.15) is 5.76 Å². The number of rotatable bonds is 4. The number of hydrogen-bond donors (Lipinski definition) is 1. The molecule has 1 amide bonds. The Morgan fingerprint density at radius 1 is 1.27 bits per heavy atom. The second kappa shape index (κ2) is 7.81. The molecule has 0 saturated carbocycles. The normalized spacial score (nSPS) is 17.8. The monoisotopic (exact) mass is 426 g/mol. The van der Waals surface area contributed by atoms with Gasteiger partial charge in [0.05, 0.1) is 29.0 Å². The van der Waals surface area contributed by atoms with Crippen molar-refractivity contribution in [3.8, 4) is 10.6 Å². The number of nitrogens with one attached hydrogen (secondary N) is 1. The molecule has 0 aromatic carbocycles. The Morgan fingerprint density at radius 3 is 2.87 bits per heavy atom. The molecule has 0 radical (unpaired) electrons. The number of fused-ring (bicyclic) bond motifs is 2. The van der Waals surface area contributed by atoms with E-state index in [-0.39, 0.29) is 17.1 Å². The SMILES string of the molecule is O=C(CCc1cc(=O)[nH]o1)N1CCC2(CC1)OCCc1sc(-c3cnccn3)cc12. The first kappa shape index (κ1) is 19.2. The van der Waals surface area contributed by atoms with Crippen LogP contribution in [0.4, 0.5) is 0 Å². The van der Waals surface area contributed by atoms with Gasteiger partial charge < -0.3 is 14.2 Å². The molecule has 0 unspecified atom stereocenters. The summed E-state index contributed by atoms with van der Waals surface area (Å²) < 4.78 is 11.4. The van der Waals surface area contributed by atoms with E-state index >= 15 is 0 Å². The Morgan fingerprint density at radius 2 is 2.13 bits per heavy atom. The molecule has 1 fully saturated rings. The van der Waals surface area contributed by atoms with Crippen molar-refractivity contribution in [2.75, 3.05) is 19.7 Å². The van der Waals surface area contributed by atoms with Crippen LogP contribution in [0, 0.1) is 0 Å². The highest BCUT2D eigenvalue weighted by atomic mass is 32.1. The number of aromatic nitrogens is 3. The van der Waals surface area contributed by atoms with Crippen molar-refractivity contribution in [3.63, 3.8) is 0 Å². The molecule has 5 rings (SSSR count). The lowest BCUT2D eigenvalue weighted by molar-refractivity contribution is -0.140. The maximum Gasteiger partial charge on any atom is 0.280 e. The van der Waals surface area contributed by atoms with Crippen molar-refractivity contribution in [2.24, 2.45) is 0 Å². The number of amides is 1. The molecule has 30 heavy (non-hydrogen) atoms. The van der Waals surface area contributed by atoms with Gasteiger partial charge in [0.25, 0.3) is 5.56 Å². The molecule has 156 valence electrons. The number of ether oxygens (including phenoxy) is 1. The van der Waals surface area contributed by atoms with E-state index in [0.29, 0.717) is 38.3 Å². The number of hydrogen-bond acceptors (Lipinski definition) is 7. The first-order valence-corrected chi connectivity index (χ1v) is 10.9. The van der Waals surface area contributed by atoms with Crippen molar-refractivity contribution >= 4 is 17.2 Å². The molecule has 0 bridgehead atoms. The molecule has 9 heteroatoms. The number of carbonyl (C=O) groups is 1. The van der Waals surface area contributed by atoms with Crippen LogP contribution in [0.15, 0.2) is 40.0 Å². The highest BCUT2D eigenvalue weighted by Crippen LogP contribution is 2.46. The van der Waals surface area contributed by atoms with Crippen molar-refractivity contribution in [2.45, 2.75) is 37.7 Å². The van der Waals surface area contributed by atoms with Crippen molar-refractivity contribution in [1.29, 1.82) is 0 Å². The van der Waals surface area contributed by atoms with Crippen LogP contribution in [0.5, 0.6) is 0 Å². The largest absolute Gasteiger partial charge is 0.384 e. The predicted molar refractivity (Wildman–Crippen MR) is 110 cm³/mol. The summed E-state index contributed by atoms with van der Waals surface area (Å²) >= 11 is 1.77. The van der Waals surface area contributed by atoms with Crippen molar-refractivity contribution in [1.82, 2.24) is 20.0 Å². The summed E-state index contributed by atoms with van der Waals surface area (Å²) in [5.41, 5.74) is 1.53. The molecule has 2 aliphatic rings. The number of aromatic amines is 1. The van der Waals surface area contributed by atoms with Crippen molar-refractivity contribution < 1.29 is 14.1 Å². The van der Waals surface area contributed by atoms with E-state index in [1.54, 1.807) is 29.9 Å². The van der Waals surface area contributed by atoms with E-state index in [2.05, 4.69) is 21.2 Å². The standard InChI is InChI=1S/C21H22N4O4S/c26-19-11-14(29-24-19)1-2-20(27)25-8-4-21(5-9-25)15-12-18(16-13-22-6-7-23-16)30-17(15)3-10-28-21/h6-7,11-13H,1-5,8-10H2,(H,24,26). The van der Waals surface area contributed by atoms with Crippen LogP contribution in [0.3, 0.4) is 0 Å². The third-order valence-corrected chi connectivity index (χ3v) is 7.12. The average Bonchev–Trinajstić information content (AvgIpc) is 3.40. The van der Waals surface area contributed by atoms with Gasteiger partial charge >= 0.3 is 0 Å². The third-order valence-electron chi connectivity index (χ3n) is 5.91. The fourth-order valence-corrected chi connectivity index (χ4v) is 5.53. The highest BCUT2D eigenvalue weighted by Gasteiger charge is 2.42. The Hall–Kier alpha value is -2.78. The Kier molecular flexibility index (Phi) is 5.00. The molecule has 5 heterocycles. The Labute approximate surface area is 176 Å². The van der Waals surface area contributed by atoms with Gasteiger partial charge in [-0.2, -0.15) is 5.16 Å². The quantitative estimate of drug-likeness (QED) is 0.688. The summed E-state index contributed by atoms with van der Waals surface area (Å²) in [5.74, 6) is 0.590. The van der Waals surface area contributed by atoms with Gasteiger partial charge in [-0.05, 0) is 24.5 Å². The Bertz CT molecular complexity index is 1100. The molecule has 2 aliphatic heterocycles. The minimum atomic E-state index is -0.325. The topological polar surface area (TPSA) is 101 Å². The van der Waals surface area contributed by atoms with E-state index in [4.69, 9.17) is 9.26 Å². The Balaban J connectivity index is 1.27. The van der Waals surface area contributed by atoms with Gasteiger partial charge in [-0.1, -0.05) is 0 Å². The van der Waals surface area contributed by atoms with Crippen LogP contribution in [-0.4, -0.2) is 45.6 Å². The molecule has 8 nitrogen and oxygen atoms in total. The van der Waals surface area contributed by atoms with E-state index in [0.717, 1.165) is 29.8 Å². The molecule has 1 N–H and O–H groups in total. The van der Waals surface area contributed by atoms with E-state index in [1.165, 1.54) is 16.5 Å².